The molecule has 2 heterocycles. The first-order chi connectivity index (χ1) is 8.40. The lowest BCUT2D eigenvalue weighted by Gasteiger charge is -2.44. The van der Waals surface area contributed by atoms with E-state index in [4.69, 9.17) is 5.73 Å². The molecule has 1 aliphatic heterocycles. The number of likely N-dealkylation sites (tertiary alicyclic amines) is 1. The van der Waals surface area contributed by atoms with E-state index in [2.05, 4.69) is 26.8 Å². The summed E-state index contributed by atoms with van der Waals surface area (Å²) in [5.74, 6) is 0.209. The van der Waals surface area contributed by atoms with Crippen LogP contribution in [0.4, 0.5) is 0 Å². The summed E-state index contributed by atoms with van der Waals surface area (Å²) in [6, 6.07) is 2.20. The van der Waals surface area contributed by atoms with Gasteiger partial charge < -0.3 is 10.6 Å². The van der Waals surface area contributed by atoms with E-state index in [1.807, 2.05) is 10.3 Å². The molecule has 1 saturated heterocycles. The van der Waals surface area contributed by atoms with Crippen molar-refractivity contribution in [1.82, 2.24) is 4.90 Å². The molecule has 0 spiro atoms. The van der Waals surface area contributed by atoms with Crippen molar-refractivity contribution in [3.05, 3.63) is 21.9 Å². The third-order valence-electron chi connectivity index (χ3n) is 3.86. The molecule has 1 amide bonds. The molecule has 0 aromatic carbocycles. The molecular formula is C14H22N2OS. The summed E-state index contributed by atoms with van der Waals surface area (Å²) >= 11 is 1.66. The summed E-state index contributed by atoms with van der Waals surface area (Å²) in [6.45, 7) is 7.03. The number of nitrogens with zero attached hydrogens (tertiary/aromatic N) is 1. The molecule has 1 unspecified atom stereocenters. The minimum atomic E-state index is -0.0574. The Morgan fingerprint density at radius 2 is 2.33 bits per heavy atom. The highest BCUT2D eigenvalue weighted by molar-refractivity contribution is 7.10. The maximum Gasteiger partial charge on any atom is 0.228 e. The van der Waals surface area contributed by atoms with Gasteiger partial charge in [0, 0.05) is 23.0 Å². The zero-order valence-electron chi connectivity index (χ0n) is 11.4. The zero-order valence-corrected chi connectivity index (χ0v) is 12.2. The average molecular weight is 266 g/mol. The van der Waals surface area contributed by atoms with Crippen molar-refractivity contribution in [2.45, 2.75) is 51.6 Å². The fourth-order valence-corrected chi connectivity index (χ4v) is 3.40. The number of amides is 1. The zero-order chi connectivity index (χ0) is 13.3. The summed E-state index contributed by atoms with van der Waals surface area (Å²) < 4.78 is 0. The summed E-state index contributed by atoms with van der Waals surface area (Å²) in [5, 5.41) is 2.05. The lowest BCUT2D eigenvalue weighted by molar-refractivity contribution is -0.138. The van der Waals surface area contributed by atoms with Gasteiger partial charge in [0.1, 0.15) is 0 Å². The lowest BCUT2D eigenvalue weighted by Crippen LogP contribution is -2.57. The molecule has 18 heavy (non-hydrogen) atoms. The van der Waals surface area contributed by atoms with E-state index in [0.29, 0.717) is 13.0 Å². The first kappa shape index (κ1) is 13.6. The van der Waals surface area contributed by atoms with Gasteiger partial charge in [-0.2, -0.15) is 0 Å². The standard InChI is InChI=1S/C14H22N2OS/c1-10-5-7-18-12(10)8-13(17)16-9-11(15)4-6-14(16,2)3/h5,7,11H,4,6,8-9,15H2,1-3H3. The van der Waals surface area contributed by atoms with Crippen LogP contribution in [0.5, 0.6) is 0 Å². The minimum absolute atomic E-state index is 0.0574. The maximum atomic E-state index is 12.5. The van der Waals surface area contributed by atoms with Crippen molar-refractivity contribution >= 4 is 17.2 Å². The van der Waals surface area contributed by atoms with Gasteiger partial charge in [-0.05, 0) is 50.6 Å². The van der Waals surface area contributed by atoms with Crippen molar-refractivity contribution in [3.8, 4) is 0 Å². The molecular weight excluding hydrogens is 244 g/mol. The van der Waals surface area contributed by atoms with E-state index in [1.165, 1.54) is 10.4 Å². The van der Waals surface area contributed by atoms with E-state index in [9.17, 15) is 4.79 Å². The largest absolute Gasteiger partial charge is 0.336 e. The van der Waals surface area contributed by atoms with Crippen molar-refractivity contribution in [2.24, 2.45) is 5.73 Å². The number of nitrogens with two attached hydrogens (primary N) is 1. The SMILES string of the molecule is Cc1ccsc1CC(=O)N1CC(N)CCC1(C)C. The highest BCUT2D eigenvalue weighted by Gasteiger charge is 2.35. The molecule has 2 rings (SSSR count). The summed E-state index contributed by atoms with van der Waals surface area (Å²) in [7, 11) is 0. The van der Waals surface area contributed by atoms with Gasteiger partial charge in [0.15, 0.2) is 0 Å². The Morgan fingerprint density at radius 1 is 1.61 bits per heavy atom. The molecule has 0 aliphatic carbocycles. The van der Waals surface area contributed by atoms with Crippen molar-refractivity contribution in [2.75, 3.05) is 6.54 Å². The lowest BCUT2D eigenvalue weighted by atomic mass is 9.88. The molecule has 1 aromatic rings. The normalized spacial score (nSPS) is 23.1. The molecule has 0 saturated carbocycles. The molecule has 1 atom stereocenters. The van der Waals surface area contributed by atoms with E-state index < -0.39 is 0 Å². The Kier molecular flexibility index (Phi) is 3.78. The molecule has 3 nitrogen and oxygen atoms in total. The van der Waals surface area contributed by atoms with Crippen LogP contribution in [0.15, 0.2) is 11.4 Å². The van der Waals surface area contributed by atoms with E-state index >= 15 is 0 Å². The number of carbonyl (C=O) groups is 1. The summed E-state index contributed by atoms with van der Waals surface area (Å²) in [4.78, 5) is 15.6. The minimum Gasteiger partial charge on any atom is -0.336 e. The Morgan fingerprint density at radius 3 is 2.94 bits per heavy atom. The second kappa shape index (κ2) is 5.02. The molecule has 2 N–H and O–H groups in total. The Balaban J connectivity index is 2.10. The number of piperidine rings is 1. The van der Waals surface area contributed by atoms with Gasteiger partial charge >= 0.3 is 0 Å². The first-order valence-corrected chi connectivity index (χ1v) is 7.37. The van der Waals surface area contributed by atoms with Crippen molar-refractivity contribution in [3.63, 3.8) is 0 Å². The fraction of sp³-hybridized carbons (Fsp3) is 0.643. The van der Waals surface area contributed by atoms with Crippen LogP contribution in [-0.4, -0.2) is 28.9 Å². The van der Waals surface area contributed by atoms with Crippen LogP contribution in [0.2, 0.25) is 0 Å². The van der Waals surface area contributed by atoms with Crippen LogP contribution < -0.4 is 5.73 Å². The number of aryl methyl sites for hydroxylation is 1. The summed E-state index contributed by atoms with van der Waals surface area (Å²) in [6.07, 6.45) is 2.51. The Labute approximate surface area is 113 Å². The van der Waals surface area contributed by atoms with Crippen LogP contribution >= 0.6 is 11.3 Å². The monoisotopic (exact) mass is 266 g/mol. The average Bonchev–Trinajstić information content (AvgIpc) is 2.68. The van der Waals surface area contributed by atoms with Gasteiger partial charge in [0.05, 0.1) is 6.42 Å². The predicted molar refractivity (Wildman–Crippen MR) is 75.8 cm³/mol. The third-order valence-corrected chi connectivity index (χ3v) is 4.88. The van der Waals surface area contributed by atoms with Crippen LogP contribution in [0, 0.1) is 6.92 Å². The molecule has 1 aromatic heterocycles. The van der Waals surface area contributed by atoms with E-state index in [1.54, 1.807) is 11.3 Å². The second-order valence-electron chi connectivity index (χ2n) is 5.82. The molecule has 100 valence electrons. The first-order valence-electron chi connectivity index (χ1n) is 6.49. The van der Waals surface area contributed by atoms with Gasteiger partial charge in [-0.3, -0.25) is 4.79 Å². The van der Waals surface area contributed by atoms with Gasteiger partial charge in [-0.1, -0.05) is 0 Å². The smallest absolute Gasteiger partial charge is 0.228 e. The van der Waals surface area contributed by atoms with Crippen LogP contribution in [-0.2, 0) is 11.2 Å². The number of carbonyl (C=O) groups excluding carboxylic acids is 1. The van der Waals surface area contributed by atoms with Gasteiger partial charge in [0.2, 0.25) is 5.91 Å². The fourth-order valence-electron chi connectivity index (χ4n) is 2.50. The maximum absolute atomic E-state index is 12.5. The van der Waals surface area contributed by atoms with Crippen molar-refractivity contribution < 1.29 is 4.79 Å². The number of thiophene rings is 1. The van der Waals surface area contributed by atoms with Gasteiger partial charge in [-0.25, -0.2) is 0 Å². The quantitative estimate of drug-likeness (QED) is 0.893. The van der Waals surface area contributed by atoms with Crippen LogP contribution in [0.3, 0.4) is 0 Å². The number of hydrogen-bond acceptors (Lipinski definition) is 3. The van der Waals surface area contributed by atoms with Gasteiger partial charge in [0.25, 0.3) is 0 Å². The Bertz CT molecular complexity index is 439. The second-order valence-corrected chi connectivity index (χ2v) is 6.82. The van der Waals surface area contributed by atoms with Gasteiger partial charge in [-0.15, -0.1) is 11.3 Å². The highest BCUT2D eigenvalue weighted by atomic mass is 32.1. The number of rotatable bonds is 2. The molecule has 0 bridgehead atoms. The molecule has 1 fully saturated rings. The molecule has 4 heteroatoms. The van der Waals surface area contributed by atoms with E-state index in [-0.39, 0.29) is 17.5 Å². The predicted octanol–water partition coefficient (Wildman–Crippen LogP) is 2.33. The topological polar surface area (TPSA) is 46.3 Å². The third kappa shape index (κ3) is 2.75. The summed E-state index contributed by atoms with van der Waals surface area (Å²) in [5.41, 5.74) is 7.15. The van der Waals surface area contributed by atoms with E-state index in [0.717, 1.165) is 12.8 Å². The van der Waals surface area contributed by atoms with Crippen LogP contribution in [0.1, 0.15) is 37.1 Å². The number of hydrogen-bond donors (Lipinski definition) is 1. The van der Waals surface area contributed by atoms with Crippen molar-refractivity contribution in [1.29, 1.82) is 0 Å². The van der Waals surface area contributed by atoms with Crippen LogP contribution in [0.25, 0.3) is 0 Å². The molecule has 1 aliphatic rings. The molecule has 0 radical (unpaired) electrons. The Hall–Kier alpha value is -0.870. The highest BCUT2D eigenvalue weighted by Crippen LogP contribution is 2.28.